The summed E-state index contributed by atoms with van der Waals surface area (Å²) < 4.78 is 10.4. The molecule has 16 heavy (non-hydrogen) atoms. The Morgan fingerprint density at radius 2 is 1.56 bits per heavy atom. The second-order valence-corrected chi connectivity index (χ2v) is 5.42. The van der Waals surface area contributed by atoms with Gasteiger partial charge in [0.1, 0.15) is 0 Å². The van der Waals surface area contributed by atoms with Crippen molar-refractivity contribution in [2.24, 2.45) is 0 Å². The van der Waals surface area contributed by atoms with Crippen LogP contribution in [0.2, 0.25) is 6.55 Å². The van der Waals surface area contributed by atoms with Crippen LogP contribution in [0.3, 0.4) is 0 Å². The van der Waals surface area contributed by atoms with E-state index in [1.54, 1.807) is 0 Å². The fraction of sp³-hybridized carbons (Fsp3) is 0.846. The molecule has 0 spiro atoms. The summed E-state index contributed by atoms with van der Waals surface area (Å²) in [5.74, 6) is 0. The van der Waals surface area contributed by atoms with Crippen molar-refractivity contribution < 1.29 is 8.85 Å². The summed E-state index contributed by atoms with van der Waals surface area (Å²) in [7, 11) is -1.20. The zero-order valence-electron chi connectivity index (χ0n) is 11.6. The summed E-state index contributed by atoms with van der Waals surface area (Å²) in [6.45, 7) is 13.5. The van der Waals surface area contributed by atoms with Crippen LogP contribution < -0.4 is 0 Å². The first-order valence-electron chi connectivity index (χ1n) is 6.56. The SMILES string of the molecule is C=CCCCCCC.CCO[SiH](C)OCC. The minimum Gasteiger partial charge on any atom is -0.397 e. The van der Waals surface area contributed by atoms with Crippen molar-refractivity contribution in [1.82, 2.24) is 0 Å². The van der Waals surface area contributed by atoms with E-state index in [0.29, 0.717) is 0 Å². The molecule has 0 unspecified atom stereocenters. The van der Waals surface area contributed by atoms with Crippen LogP contribution in [0.5, 0.6) is 0 Å². The van der Waals surface area contributed by atoms with Gasteiger partial charge in [0.2, 0.25) is 0 Å². The highest BCUT2D eigenvalue weighted by Gasteiger charge is 1.99. The maximum Gasteiger partial charge on any atom is 0.318 e. The molecule has 0 saturated carbocycles. The highest BCUT2D eigenvalue weighted by atomic mass is 28.3. The van der Waals surface area contributed by atoms with Crippen LogP contribution in [0, 0.1) is 0 Å². The molecule has 0 atom stereocenters. The van der Waals surface area contributed by atoms with E-state index >= 15 is 0 Å². The number of hydrogen-bond donors (Lipinski definition) is 0. The minimum atomic E-state index is -1.20. The van der Waals surface area contributed by atoms with Crippen molar-refractivity contribution >= 4 is 9.28 Å². The first-order valence-corrected chi connectivity index (χ1v) is 8.66. The lowest BCUT2D eigenvalue weighted by atomic mass is 10.2. The number of rotatable bonds is 9. The molecule has 0 heterocycles. The summed E-state index contributed by atoms with van der Waals surface area (Å²) >= 11 is 0. The number of allylic oxidation sites excluding steroid dienone is 1. The van der Waals surface area contributed by atoms with Crippen LogP contribution in [0.15, 0.2) is 12.7 Å². The second kappa shape index (κ2) is 17.3. The molecule has 0 aliphatic heterocycles. The van der Waals surface area contributed by atoms with Gasteiger partial charge < -0.3 is 8.85 Å². The van der Waals surface area contributed by atoms with Crippen LogP contribution in [-0.4, -0.2) is 22.5 Å². The maximum atomic E-state index is 5.20. The largest absolute Gasteiger partial charge is 0.397 e. The lowest BCUT2D eigenvalue weighted by molar-refractivity contribution is 0.219. The van der Waals surface area contributed by atoms with E-state index in [0.717, 1.165) is 13.2 Å². The smallest absolute Gasteiger partial charge is 0.318 e. The van der Waals surface area contributed by atoms with Crippen molar-refractivity contribution in [3.8, 4) is 0 Å². The molecule has 0 saturated heterocycles. The predicted octanol–water partition coefficient (Wildman–Crippen LogP) is 4.05. The third-order valence-corrected chi connectivity index (χ3v) is 3.67. The summed E-state index contributed by atoms with van der Waals surface area (Å²) in [6, 6.07) is 0. The highest BCUT2D eigenvalue weighted by molar-refractivity contribution is 6.42. The van der Waals surface area contributed by atoms with Crippen LogP contribution in [0.25, 0.3) is 0 Å². The van der Waals surface area contributed by atoms with E-state index < -0.39 is 9.28 Å². The van der Waals surface area contributed by atoms with Gasteiger partial charge in [-0.25, -0.2) is 0 Å². The third-order valence-electron chi connectivity index (χ3n) is 2.06. The normalized spacial score (nSPS) is 9.81. The Bertz CT molecular complexity index is 123. The fourth-order valence-electron chi connectivity index (χ4n) is 1.23. The van der Waals surface area contributed by atoms with Gasteiger partial charge in [-0.3, -0.25) is 0 Å². The van der Waals surface area contributed by atoms with Gasteiger partial charge in [0, 0.05) is 13.2 Å². The summed E-state index contributed by atoms with van der Waals surface area (Å²) in [5, 5.41) is 0. The number of unbranched alkanes of at least 4 members (excludes halogenated alkanes) is 4. The lowest BCUT2D eigenvalue weighted by Gasteiger charge is -2.07. The fourth-order valence-corrected chi connectivity index (χ4v) is 2.27. The van der Waals surface area contributed by atoms with Gasteiger partial charge in [-0.05, 0) is 33.2 Å². The molecular formula is C13H30O2Si. The Morgan fingerprint density at radius 1 is 1.00 bits per heavy atom. The van der Waals surface area contributed by atoms with Gasteiger partial charge in [0.25, 0.3) is 0 Å². The van der Waals surface area contributed by atoms with Gasteiger partial charge in [0.05, 0.1) is 0 Å². The molecule has 0 aromatic heterocycles. The van der Waals surface area contributed by atoms with Gasteiger partial charge >= 0.3 is 9.28 Å². The average Bonchev–Trinajstić information content (AvgIpc) is 2.26. The van der Waals surface area contributed by atoms with Crippen LogP contribution in [0.1, 0.15) is 52.9 Å². The molecular weight excluding hydrogens is 216 g/mol. The lowest BCUT2D eigenvalue weighted by Crippen LogP contribution is -2.17. The van der Waals surface area contributed by atoms with Crippen LogP contribution in [0.4, 0.5) is 0 Å². The second-order valence-electron chi connectivity index (χ2n) is 3.62. The van der Waals surface area contributed by atoms with Crippen LogP contribution in [-0.2, 0) is 8.85 Å². The number of hydrogen-bond acceptors (Lipinski definition) is 2. The zero-order valence-corrected chi connectivity index (χ0v) is 12.8. The molecule has 0 amide bonds. The Kier molecular flexibility index (Phi) is 19.7. The Labute approximate surface area is 104 Å². The van der Waals surface area contributed by atoms with Crippen molar-refractivity contribution in [1.29, 1.82) is 0 Å². The molecule has 2 nitrogen and oxygen atoms in total. The van der Waals surface area contributed by atoms with Gasteiger partial charge in [-0.15, -0.1) is 6.58 Å². The molecule has 3 heteroatoms. The topological polar surface area (TPSA) is 18.5 Å². The van der Waals surface area contributed by atoms with Crippen molar-refractivity contribution in [3.63, 3.8) is 0 Å². The molecule has 98 valence electrons. The Morgan fingerprint density at radius 3 is 1.94 bits per heavy atom. The van der Waals surface area contributed by atoms with E-state index in [1.807, 2.05) is 26.5 Å². The Balaban J connectivity index is 0. The van der Waals surface area contributed by atoms with E-state index in [-0.39, 0.29) is 0 Å². The van der Waals surface area contributed by atoms with E-state index in [4.69, 9.17) is 8.85 Å². The first-order chi connectivity index (χ1) is 7.72. The van der Waals surface area contributed by atoms with Gasteiger partial charge in [-0.2, -0.15) is 0 Å². The average molecular weight is 246 g/mol. The van der Waals surface area contributed by atoms with Gasteiger partial charge in [0.15, 0.2) is 0 Å². The minimum absolute atomic E-state index is 0.785. The van der Waals surface area contributed by atoms with Gasteiger partial charge in [-0.1, -0.05) is 32.3 Å². The van der Waals surface area contributed by atoms with Crippen LogP contribution >= 0.6 is 0 Å². The van der Waals surface area contributed by atoms with E-state index in [2.05, 4.69) is 13.5 Å². The molecule has 0 N–H and O–H groups in total. The molecule has 0 aromatic rings. The monoisotopic (exact) mass is 246 g/mol. The van der Waals surface area contributed by atoms with Crippen molar-refractivity contribution in [2.45, 2.75) is 59.4 Å². The molecule has 0 rings (SSSR count). The molecule has 0 bridgehead atoms. The third kappa shape index (κ3) is 19.4. The predicted molar refractivity (Wildman–Crippen MR) is 75.2 cm³/mol. The zero-order chi connectivity index (χ0) is 12.6. The molecule has 0 aliphatic rings. The standard InChI is InChI=1S/C8H16.C5H14O2Si/c1-3-5-7-8-6-4-2;1-4-6-8(3)7-5-2/h3H,1,4-8H2,2H3;8H,4-5H2,1-3H3. The maximum absolute atomic E-state index is 5.20. The van der Waals surface area contributed by atoms with Crippen molar-refractivity contribution in [2.75, 3.05) is 13.2 Å². The molecule has 0 fully saturated rings. The summed E-state index contributed by atoms with van der Waals surface area (Å²) in [5.41, 5.74) is 0. The Hall–Kier alpha value is -0.123. The molecule has 0 radical (unpaired) electrons. The highest BCUT2D eigenvalue weighted by Crippen LogP contribution is 2.01. The van der Waals surface area contributed by atoms with E-state index in [1.165, 1.54) is 32.1 Å². The summed E-state index contributed by atoms with van der Waals surface area (Å²) in [6.07, 6.45) is 8.61. The molecule has 0 aliphatic carbocycles. The van der Waals surface area contributed by atoms with E-state index in [9.17, 15) is 0 Å². The molecule has 0 aromatic carbocycles. The quantitative estimate of drug-likeness (QED) is 0.347. The summed E-state index contributed by atoms with van der Waals surface area (Å²) in [4.78, 5) is 0. The van der Waals surface area contributed by atoms with Crippen molar-refractivity contribution in [3.05, 3.63) is 12.7 Å². The first kappa shape index (κ1) is 18.2.